The molecule has 0 aliphatic rings. The van der Waals surface area contributed by atoms with E-state index in [1.54, 1.807) is 40.1 Å². The molecule has 1 amide bonds. The molecule has 0 aliphatic carbocycles. The molecule has 0 atom stereocenters. The largest absolute Gasteiger partial charge is 0.443 e. The van der Waals surface area contributed by atoms with Crippen molar-refractivity contribution in [3.63, 3.8) is 0 Å². The van der Waals surface area contributed by atoms with Gasteiger partial charge in [-0.05, 0) is 39.8 Å². The maximum Gasteiger partial charge on any atom is 0.428 e. The summed E-state index contributed by atoms with van der Waals surface area (Å²) in [6.07, 6.45) is 2.77. The fourth-order valence-corrected chi connectivity index (χ4v) is 1.09. The molecule has 17 heavy (non-hydrogen) atoms. The van der Waals surface area contributed by atoms with Crippen LogP contribution in [0.1, 0.15) is 33.3 Å². The van der Waals surface area contributed by atoms with Crippen LogP contribution in [0.25, 0.3) is 0 Å². The van der Waals surface area contributed by atoms with Gasteiger partial charge in [0.1, 0.15) is 5.60 Å². The number of hydrazone groups is 1. The van der Waals surface area contributed by atoms with Crippen molar-refractivity contribution in [1.82, 2.24) is 10.4 Å². The van der Waals surface area contributed by atoms with Gasteiger partial charge in [0.2, 0.25) is 0 Å². The molecular formula is C12H17N3O2. The lowest BCUT2D eigenvalue weighted by atomic mass is 10.2. The van der Waals surface area contributed by atoms with E-state index in [0.717, 1.165) is 5.56 Å². The third-order valence-electron chi connectivity index (χ3n) is 1.81. The van der Waals surface area contributed by atoms with E-state index < -0.39 is 11.7 Å². The Labute approximate surface area is 101 Å². The van der Waals surface area contributed by atoms with Crippen molar-refractivity contribution < 1.29 is 9.53 Å². The summed E-state index contributed by atoms with van der Waals surface area (Å²) in [6, 6.07) is 3.63. The maximum atomic E-state index is 11.3. The topological polar surface area (TPSA) is 63.6 Å². The molecule has 1 heterocycles. The number of nitrogens with one attached hydrogen (secondary N) is 1. The number of hydrogen-bond donors (Lipinski definition) is 1. The Hall–Kier alpha value is -1.91. The molecule has 0 unspecified atom stereocenters. The van der Waals surface area contributed by atoms with Crippen LogP contribution in [0.2, 0.25) is 0 Å². The van der Waals surface area contributed by atoms with Gasteiger partial charge in [-0.1, -0.05) is 0 Å². The highest BCUT2D eigenvalue weighted by atomic mass is 16.6. The van der Waals surface area contributed by atoms with Crippen LogP contribution in [0.15, 0.2) is 29.6 Å². The molecule has 0 spiro atoms. The molecule has 0 fully saturated rings. The monoisotopic (exact) mass is 235 g/mol. The van der Waals surface area contributed by atoms with Gasteiger partial charge in [-0.15, -0.1) is 0 Å². The van der Waals surface area contributed by atoms with E-state index in [-0.39, 0.29) is 0 Å². The highest BCUT2D eigenvalue weighted by molar-refractivity contribution is 5.98. The molecule has 1 aromatic heterocycles. The number of pyridine rings is 1. The van der Waals surface area contributed by atoms with Crippen molar-refractivity contribution >= 4 is 11.8 Å². The van der Waals surface area contributed by atoms with E-state index in [1.165, 1.54) is 0 Å². The Kier molecular flexibility index (Phi) is 4.20. The normalized spacial score (nSPS) is 12.1. The van der Waals surface area contributed by atoms with Crippen LogP contribution in [0.5, 0.6) is 0 Å². The van der Waals surface area contributed by atoms with E-state index >= 15 is 0 Å². The molecule has 92 valence electrons. The lowest BCUT2D eigenvalue weighted by molar-refractivity contribution is 0.0529. The predicted octanol–water partition coefficient (Wildman–Crippen LogP) is 2.33. The molecule has 0 aromatic carbocycles. The average Bonchev–Trinajstić information content (AvgIpc) is 2.25. The molecule has 0 radical (unpaired) electrons. The van der Waals surface area contributed by atoms with Crippen LogP contribution < -0.4 is 5.43 Å². The molecule has 0 saturated carbocycles. The second kappa shape index (κ2) is 5.43. The van der Waals surface area contributed by atoms with Gasteiger partial charge in [0.05, 0.1) is 5.71 Å². The fourth-order valence-electron chi connectivity index (χ4n) is 1.09. The van der Waals surface area contributed by atoms with Gasteiger partial charge in [0.25, 0.3) is 0 Å². The highest BCUT2D eigenvalue weighted by Crippen LogP contribution is 2.06. The van der Waals surface area contributed by atoms with Crippen molar-refractivity contribution in [2.45, 2.75) is 33.3 Å². The molecule has 1 aromatic rings. The Bertz CT molecular complexity index is 408. The summed E-state index contributed by atoms with van der Waals surface area (Å²) in [6.45, 7) is 7.19. The third-order valence-corrected chi connectivity index (χ3v) is 1.81. The van der Waals surface area contributed by atoms with E-state index in [0.29, 0.717) is 5.71 Å². The Morgan fingerprint density at radius 2 is 1.94 bits per heavy atom. The zero-order valence-corrected chi connectivity index (χ0v) is 10.5. The van der Waals surface area contributed by atoms with Crippen molar-refractivity contribution in [3.8, 4) is 0 Å². The van der Waals surface area contributed by atoms with Crippen LogP contribution >= 0.6 is 0 Å². The number of rotatable bonds is 2. The van der Waals surface area contributed by atoms with Crippen molar-refractivity contribution in [2.75, 3.05) is 0 Å². The number of carbonyl (C=O) groups excluding carboxylic acids is 1. The zero-order valence-electron chi connectivity index (χ0n) is 10.5. The lowest BCUT2D eigenvalue weighted by Crippen LogP contribution is -2.30. The third kappa shape index (κ3) is 5.10. The quantitative estimate of drug-likeness (QED) is 0.632. The first-order valence-corrected chi connectivity index (χ1v) is 5.32. The molecule has 0 saturated heterocycles. The molecule has 5 nitrogen and oxygen atoms in total. The minimum absolute atomic E-state index is 0.524. The summed E-state index contributed by atoms with van der Waals surface area (Å²) in [5, 5.41) is 3.94. The van der Waals surface area contributed by atoms with Gasteiger partial charge in [-0.25, -0.2) is 10.2 Å². The summed E-state index contributed by atoms with van der Waals surface area (Å²) in [5.41, 5.74) is 3.41. The molecular weight excluding hydrogens is 218 g/mol. The second-order valence-corrected chi connectivity index (χ2v) is 4.55. The Morgan fingerprint density at radius 3 is 2.47 bits per heavy atom. The summed E-state index contributed by atoms with van der Waals surface area (Å²) >= 11 is 0. The van der Waals surface area contributed by atoms with E-state index in [2.05, 4.69) is 15.5 Å². The predicted molar refractivity (Wildman–Crippen MR) is 65.8 cm³/mol. The summed E-state index contributed by atoms with van der Waals surface area (Å²) in [4.78, 5) is 15.2. The van der Waals surface area contributed by atoms with Crippen LogP contribution in [-0.4, -0.2) is 22.4 Å². The molecule has 1 rings (SSSR count). The van der Waals surface area contributed by atoms with Crippen molar-refractivity contribution in [3.05, 3.63) is 30.1 Å². The fraction of sp³-hybridized carbons (Fsp3) is 0.417. The zero-order chi connectivity index (χ0) is 12.9. The molecule has 1 N–H and O–H groups in total. The second-order valence-electron chi connectivity index (χ2n) is 4.55. The number of aromatic nitrogens is 1. The number of carbonyl (C=O) groups is 1. The Balaban J connectivity index is 2.57. The molecule has 0 bridgehead atoms. The number of ether oxygens (including phenoxy) is 1. The van der Waals surface area contributed by atoms with E-state index in [1.807, 2.05) is 12.1 Å². The van der Waals surface area contributed by atoms with Crippen molar-refractivity contribution in [1.29, 1.82) is 0 Å². The first-order chi connectivity index (χ1) is 7.88. The van der Waals surface area contributed by atoms with Gasteiger partial charge in [0, 0.05) is 18.0 Å². The van der Waals surface area contributed by atoms with Gasteiger partial charge in [0.15, 0.2) is 0 Å². The first kappa shape index (κ1) is 13.2. The van der Waals surface area contributed by atoms with Crippen LogP contribution in [-0.2, 0) is 4.74 Å². The van der Waals surface area contributed by atoms with Gasteiger partial charge >= 0.3 is 6.09 Å². The molecule has 0 aliphatic heterocycles. The maximum absolute atomic E-state index is 11.3. The highest BCUT2D eigenvalue weighted by Gasteiger charge is 2.15. The smallest absolute Gasteiger partial charge is 0.428 e. The van der Waals surface area contributed by atoms with Crippen LogP contribution in [0, 0.1) is 0 Å². The van der Waals surface area contributed by atoms with Crippen LogP contribution in [0.4, 0.5) is 4.79 Å². The summed E-state index contributed by atoms with van der Waals surface area (Å²) < 4.78 is 5.05. The minimum atomic E-state index is -0.564. The minimum Gasteiger partial charge on any atom is -0.443 e. The summed E-state index contributed by atoms with van der Waals surface area (Å²) in [7, 11) is 0. The van der Waals surface area contributed by atoms with Gasteiger partial charge < -0.3 is 4.74 Å². The average molecular weight is 235 g/mol. The van der Waals surface area contributed by atoms with E-state index in [9.17, 15) is 4.79 Å². The standard InChI is InChI=1S/C12H17N3O2/c1-9(10-5-7-13-8-6-10)14-15-11(16)17-12(2,3)4/h5-8H,1-4H3,(H,15,16)/b14-9-. The number of amides is 1. The first-order valence-electron chi connectivity index (χ1n) is 5.32. The van der Waals surface area contributed by atoms with Gasteiger partial charge in [-0.3, -0.25) is 4.98 Å². The number of hydrogen-bond acceptors (Lipinski definition) is 4. The SMILES string of the molecule is C/C(=N/NC(=O)OC(C)(C)C)c1ccncc1. The van der Waals surface area contributed by atoms with Crippen LogP contribution in [0.3, 0.4) is 0 Å². The van der Waals surface area contributed by atoms with Crippen molar-refractivity contribution in [2.24, 2.45) is 5.10 Å². The summed E-state index contributed by atoms with van der Waals surface area (Å²) in [5.74, 6) is 0. The lowest BCUT2D eigenvalue weighted by Gasteiger charge is -2.18. The van der Waals surface area contributed by atoms with Gasteiger partial charge in [-0.2, -0.15) is 5.10 Å². The Morgan fingerprint density at radius 1 is 1.35 bits per heavy atom. The molecule has 5 heteroatoms. The number of nitrogens with zero attached hydrogens (tertiary/aromatic N) is 2. The van der Waals surface area contributed by atoms with E-state index in [4.69, 9.17) is 4.74 Å².